The summed E-state index contributed by atoms with van der Waals surface area (Å²) in [6, 6.07) is 13.0. The molecule has 0 saturated heterocycles. The zero-order valence-electron chi connectivity index (χ0n) is 16.5. The van der Waals surface area contributed by atoms with Gasteiger partial charge in [0.1, 0.15) is 17.9 Å². The maximum absolute atomic E-state index is 12.3. The quantitative estimate of drug-likeness (QED) is 0.697. The lowest BCUT2D eigenvalue weighted by Crippen LogP contribution is -2.49. The number of benzene rings is 2. The standard InChI is InChI=1S/C21H23ClN2O5/c1-21(2,3)24-20(27)23-18(25)13-29-19(26)16-6-4-5-7-17(16)28-12-14-8-10-15(22)11-9-14/h4-11H,12-13H2,1-3H3,(H2,23,24,25,27). The third kappa shape index (κ3) is 7.83. The normalized spacial score (nSPS) is 10.8. The van der Waals surface area contributed by atoms with Gasteiger partial charge in [-0.2, -0.15) is 0 Å². The van der Waals surface area contributed by atoms with Crippen LogP contribution in [0.3, 0.4) is 0 Å². The van der Waals surface area contributed by atoms with Gasteiger partial charge < -0.3 is 14.8 Å². The first-order valence-electron chi connectivity index (χ1n) is 8.89. The van der Waals surface area contributed by atoms with Crippen LogP contribution >= 0.6 is 11.6 Å². The van der Waals surface area contributed by atoms with Crippen molar-refractivity contribution in [1.29, 1.82) is 0 Å². The summed E-state index contributed by atoms with van der Waals surface area (Å²) in [6.45, 7) is 4.96. The minimum absolute atomic E-state index is 0.174. The molecule has 0 atom stereocenters. The lowest BCUT2D eigenvalue weighted by molar-refractivity contribution is -0.123. The zero-order valence-corrected chi connectivity index (χ0v) is 17.2. The Hall–Kier alpha value is -3.06. The molecule has 0 aliphatic heterocycles. The fourth-order valence-corrected chi connectivity index (χ4v) is 2.37. The summed E-state index contributed by atoms with van der Waals surface area (Å²) in [5.41, 5.74) is 0.553. The summed E-state index contributed by atoms with van der Waals surface area (Å²) in [7, 11) is 0. The topological polar surface area (TPSA) is 93.7 Å². The van der Waals surface area contributed by atoms with Crippen molar-refractivity contribution in [3.8, 4) is 5.75 Å². The first-order chi connectivity index (χ1) is 13.6. The third-order valence-corrected chi connectivity index (χ3v) is 3.74. The first-order valence-corrected chi connectivity index (χ1v) is 9.27. The van der Waals surface area contributed by atoms with E-state index in [1.54, 1.807) is 51.1 Å². The van der Waals surface area contributed by atoms with E-state index in [0.717, 1.165) is 5.56 Å². The van der Waals surface area contributed by atoms with Crippen LogP contribution in [0.25, 0.3) is 0 Å². The highest BCUT2D eigenvalue weighted by Crippen LogP contribution is 2.21. The molecule has 0 bridgehead atoms. The van der Waals surface area contributed by atoms with Crippen molar-refractivity contribution in [2.75, 3.05) is 6.61 Å². The Morgan fingerprint density at radius 2 is 1.66 bits per heavy atom. The average Bonchev–Trinajstić information content (AvgIpc) is 2.64. The number of esters is 1. The van der Waals surface area contributed by atoms with E-state index in [1.807, 2.05) is 12.1 Å². The molecule has 0 aliphatic carbocycles. The lowest BCUT2D eigenvalue weighted by Gasteiger charge is -2.20. The maximum Gasteiger partial charge on any atom is 0.342 e. The highest BCUT2D eigenvalue weighted by molar-refractivity contribution is 6.30. The highest BCUT2D eigenvalue weighted by Gasteiger charge is 2.18. The maximum atomic E-state index is 12.3. The second-order valence-electron chi connectivity index (χ2n) is 7.24. The predicted octanol–water partition coefficient (Wildman–Crippen LogP) is 3.70. The molecule has 0 fully saturated rings. The lowest BCUT2D eigenvalue weighted by atomic mass is 10.1. The molecule has 0 aliphatic rings. The Labute approximate surface area is 174 Å². The number of amides is 3. The monoisotopic (exact) mass is 418 g/mol. The van der Waals surface area contributed by atoms with Gasteiger partial charge >= 0.3 is 12.0 Å². The van der Waals surface area contributed by atoms with Gasteiger partial charge in [0.05, 0.1) is 0 Å². The highest BCUT2D eigenvalue weighted by atomic mass is 35.5. The summed E-state index contributed by atoms with van der Waals surface area (Å²) in [6.07, 6.45) is 0. The number of carbonyl (C=O) groups excluding carboxylic acids is 3. The summed E-state index contributed by atoms with van der Waals surface area (Å²) < 4.78 is 10.7. The molecular formula is C21H23ClN2O5. The fraction of sp³-hybridized carbons (Fsp3) is 0.286. The van der Waals surface area contributed by atoms with Crippen LogP contribution in [0.5, 0.6) is 5.75 Å². The SMILES string of the molecule is CC(C)(C)NC(=O)NC(=O)COC(=O)c1ccccc1OCc1ccc(Cl)cc1. The largest absolute Gasteiger partial charge is 0.488 e. The molecule has 0 heterocycles. The molecular weight excluding hydrogens is 396 g/mol. The van der Waals surface area contributed by atoms with Crippen LogP contribution in [0.4, 0.5) is 4.79 Å². The third-order valence-electron chi connectivity index (χ3n) is 3.49. The second kappa shape index (κ2) is 9.93. The van der Waals surface area contributed by atoms with Crippen molar-refractivity contribution >= 4 is 29.5 Å². The molecule has 0 spiro atoms. The van der Waals surface area contributed by atoms with Gasteiger partial charge in [0, 0.05) is 10.6 Å². The van der Waals surface area contributed by atoms with Crippen molar-refractivity contribution < 1.29 is 23.9 Å². The molecule has 8 heteroatoms. The molecule has 0 saturated carbocycles. The molecule has 2 aromatic carbocycles. The fourth-order valence-electron chi connectivity index (χ4n) is 2.25. The van der Waals surface area contributed by atoms with Crippen LogP contribution in [0, 0.1) is 0 Å². The summed E-state index contributed by atoms with van der Waals surface area (Å²) in [4.78, 5) is 35.8. The van der Waals surface area contributed by atoms with Gasteiger partial charge in [-0.25, -0.2) is 9.59 Å². The van der Waals surface area contributed by atoms with Crippen molar-refractivity contribution in [3.05, 3.63) is 64.7 Å². The van der Waals surface area contributed by atoms with E-state index in [4.69, 9.17) is 21.1 Å². The number of hydrogen-bond acceptors (Lipinski definition) is 5. The molecule has 7 nitrogen and oxygen atoms in total. The minimum Gasteiger partial charge on any atom is -0.488 e. The molecule has 0 aromatic heterocycles. The van der Waals surface area contributed by atoms with Crippen LogP contribution in [0.2, 0.25) is 5.02 Å². The van der Waals surface area contributed by atoms with Gasteiger partial charge in [-0.15, -0.1) is 0 Å². The van der Waals surface area contributed by atoms with Crippen molar-refractivity contribution in [1.82, 2.24) is 10.6 Å². The van der Waals surface area contributed by atoms with Crippen LogP contribution in [-0.4, -0.2) is 30.1 Å². The van der Waals surface area contributed by atoms with Crippen LogP contribution in [0.1, 0.15) is 36.7 Å². The predicted molar refractivity (Wildman–Crippen MR) is 109 cm³/mol. The molecule has 154 valence electrons. The Bertz CT molecular complexity index is 875. The number of nitrogens with one attached hydrogen (secondary N) is 2. The molecule has 2 aromatic rings. The molecule has 3 amide bonds. The number of ether oxygens (including phenoxy) is 2. The second-order valence-corrected chi connectivity index (χ2v) is 7.68. The number of para-hydroxylation sites is 1. The zero-order chi connectivity index (χ0) is 21.4. The van der Waals surface area contributed by atoms with E-state index in [2.05, 4.69) is 10.6 Å². The molecule has 2 N–H and O–H groups in total. The summed E-state index contributed by atoms with van der Waals surface area (Å²) >= 11 is 5.86. The van der Waals surface area contributed by atoms with Gasteiger partial charge in [0.15, 0.2) is 6.61 Å². The van der Waals surface area contributed by atoms with Gasteiger partial charge in [0.25, 0.3) is 5.91 Å². The first kappa shape index (κ1) is 22.2. The van der Waals surface area contributed by atoms with E-state index in [9.17, 15) is 14.4 Å². The van der Waals surface area contributed by atoms with E-state index >= 15 is 0 Å². The van der Waals surface area contributed by atoms with E-state index in [1.165, 1.54) is 6.07 Å². The average molecular weight is 419 g/mol. The molecule has 2 rings (SSSR count). The minimum atomic E-state index is -0.736. The Morgan fingerprint density at radius 3 is 2.31 bits per heavy atom. The van der Waals surface area contributed by atoms with E-state index < -0.39 is 30.1 Å². The van der Waals surface area contributed by atoms with Crippen LogP contribution in [0.15, 0.2) is 48.5 Å². The summed E-state index contributed by atoms with van der Waals surface area (Å²) in [5, 5.41) is 5.29. The van der Waals surface area contributed by atoms with Gasteiger partial charge in [0.2, 0.25) is 0 Å². The number of urea groups is 1. The molecule has 29 heavy (non-hydrogen) atoms. The number of carbonyl (C=O) groups is 3. The number of halogens is 1. The van der Waals surface area contributed by atoms with E-state index in [0.29, 0.717) is 10.8 Å². The van der Waals surface area contributed by atoms with Crippen molar-refractivity contribution in [3.63, 3.8) is 0 Å². The van der Waals surface area contributed by atoms with Crippen molar-refractivity contribution in [2.45, 2.75) is 32.9 Å². The number of rotatable bonds is 6. The Balaban J connectivity index is 1.91. The Morgan fingerprint density at radius 1 is 1.00 bits per heavy atom. The molecule has 0 radical (unpaired) electrons. The van der Waals surface area contributed by atoms with Gasteiger partial charge in [-0.05, 0) is 50.6 Å². The Kier molecular flexibility index (Phi) is 7.61. The molecule has 0 unspecified atom stereocenters. The van der Waals surface area contributed by atoms with E-state index in [-0.39, 0.29) is 12.2 Å². The summed E-state index contributed by atoms with van der Waals surface area (Å²) in [5.74, 6) is -1.15. The number of hydrogen-bond donors (Lipinski definition) is 2. The van der Waals surface area contributed by atoms with Crippen molar-refractivity contribution in [2.24, 2.45) is 0 Å². The van der Waals surface area contributed by atoms with Crippen LogP contribution in [-0.2, 0) is 16.1 Å². The number of imide groups is 1. The van der Waals surface area contributed by atoms with Crippen LogP contribution < -0.4 is 15.4 Å². The smallest absolute Gasteiger partial charge is 0.342 e. The van der Waals surface area contributed by atoms with Gasteiger partial charge in [-0.3, -0.25) is 10.1 Å². The van der Waals surface area contributed by atoms with Gasteiger partial charge in [-0.1, -0.05) is 35.9 Å².